The second kappa shape index (κ2) is 12.1. The largest absolute Gasteiger partial charge is 0.309 e. The Morgan fingerprint density at radius 2 is 0.982 bits per heavy atom. The summed E-state index contributed by atoms with van der Waals surface area (Å²) >= 11 is 1.88. The molecule has 0 unspecified atom stereocenters. The first-order valence-electron chi connectivity index (χ1n) is 19.7. The fourth-order valence-electron chi connectivity index (χ4n) is 10.0. The standard InChI is InChI=1S/C54H41NS/c1-53(2)45-25-10-6-21-43(45)51-46(53)26-15-28-48(51)55(47-27-11-7-18-37(47)35-30-31-41-40-20-8-12-29-49(40)56-50(41)33-35)36-17-13-16-34(32-36)38-22-14-23-42-39-19-5-9-24-44(39)54(3,4)52(38)42/h5-33H,1-4H3. The van der Waals surface area contributed by atoms with Crippen LogP contribution in [0.15, 0.2) is 176 Å². The van der Waals surface area contributed by atoms with E-state index in [9.17, 15) is 0 Å². The molecule has 0 spiro atoms. The molecule has 1 aromatic heterocycles. The number of thiophene rings is 1. The summed E-state index contributed by atoms with van der Waals surface area (Å²) in [5.74, 6) is 0. The van der Waals surface area contributed by atoms with Crippen molar-refractivity contribution in [1.29, 1.82) is 0 Å². The average Bonchev–Trinajstić information content (AvgIpc) is 3.81. The van der Waals surface area contributed by atoms with Gasteiger partial charge in [-0.15, -0.1) is 11.3 Å². The number of benzene rings is 8. The first-order chi connectivity index (χ1) is 27.3. The summed E-state index contributed by atoms with van der Waals surface area (Å²) < 4.78 is 2.64. The number of hydrogen-bond acceptors (Lipinski definition) is 2. The molecule has 0 amide bonds. The molecule has 2 heteroatoms. The van der Waals surface area contributed by atoms with E-state index in [2.05, 4.69) is 209 Å². The summed E-state index contributed by atoms with van der Waals surface area (Å²) in [7, 11) is 0. The molecule has 11 rings (SSSR count). The molecule has 0 fully saturated rings. The van der Waals surface area contributed by atoms with E-state index in [1.165, 1.54) is 92.6 Å². The van der Waals surface area contributed by atoms with E-state index in [0.717, 1.165) is 11.4 Å². The van der Waals surface area contributed by atoms with Crippen LogP contribution in [0.25, 0.3) is 64.7 Å². The van der Waals surface area contributed by atoms with Gasteiger partial charge in [0.25, 0.3) is 0 Å². The highest BCUT2D eigenvalue weighted by atomic mass is 32.1. The van der Waals surface area contributed by atoms with Crippen molar-refractivity contribution >= 4 is 48.6 Å². The Bertz CT molecular complexity index is 3050. The molecule has 1 heterocycles. The Balaban J connectivity index is 1.15. The quantitative estimate of drug-likeness (QED) is 0.170. The van der Waals surface area contributed by atoms with Crippen LogP contribution in [0.2, 0.25) is 0 Å². The fourth-order valence-corrected chi connectivity index (χ4v) is 11.2. The van der Waals surface area contributed by atoms with Crippen molar-refractivity contribution in [2.24, 2.45) is 0 Å². The Morgan fingerprint density at radius 3 is 1.84 bits per heavy atom. The minimum absolute atomic E-state index is 0.119. The Labute approximate surface area is 333 Å². The van der Waals surface area contributed by atoms with E-state index in [1.54, 1.807) is 0 Å². The minimum atomic E-state index is -0.119. The molecule has 0 N–H and O–H groups in total. The first-order valence-corrected chi connectivity index (χ1v) is 20.5. The lowest BCUT2D eigenvalue weighted by molar-refractivity contribution is 0.660. The number of nitrogens with zero attached hydrogens (tertiary/aromatic N) is 1. The highest BCUT2D eigenvalue weighted by Gasteiger charge is 2.39. The van der Waals surface area contributed by atoms with Gasteiger partial charge in [-0.1, -0.05) is 167 Å². The van der Waals surface area contributed by atoms with Crippen LogP contribution >= 0.6 is 11.3 Å². The lowest BCUT2D eigenvalue weighted by Gasteiger charge is -2.31. The molecule has 8 aromatic carbocycles. The molecule has 0 saturated carbocycles. The molecular formula is C54H41NS. The van der Waals surface area contributed by atoms with Gasteiger partial charge in [0, 0.05) is 47.8 Å². The Hall–Kier alpha value is -6.22. The summed E-state index contributed by atoms with van der Waals surface area (Å²) in [4.78, 5) is 2.54. The smallest absolute Gasteiger partial charge is 0.0543 e. The minimum Gasteiger partial charge on any atom is -0.309 e. The molecule has 0 bridgehead atoms. The molecule has 268 valence electrons. The molecular weight excluding hydrogens is 695 g/mol. The van der Waals surface area contributed by atoms with Gasteiger partial charge in [0.15, 0.2) is 0 Å². The van der Waals surface area contributed by atoms with Crippen molar-refractivity contribution in [3.8, 4) is 44.5 Å². The first kappa shape index (κ1) is 33.1. The summed E-state index contributed by atoms with van der Waals surface area (Å²) in [6.45, 7) is 9.51. The van der Waals surface area contributed by atoms with Crippen molar-refractivity contribution in [3.05, 3.63) is 198 Å². The summed E-state index contributed by atoms with van der Waals surface area (Å²) in [5, 5.41) is 2.64. The van der Waals surface area contributed by atoms with Crippen LogP contribution in [0.3, 0.4) is 0 Å². The Morgan fingerprint density at radius 1 is 0.393 bits per heavy atom. The van der Waals surface area contributed by atoms with Gasteiger partial charge in [-0.05, 0) is 92.0 Å². The summed E-state index contributed by atoms with van der Waals surface area (Å²) in [6.07, 6.45) is 0. The zero-order valence-electron chi connectivity index (χ0n) is 32.1. The van der Waals surface area contributed by atoms with Crippen LogP contribution in [-0.4, -0.2) is 0 Å². The maximum Gasteiger partial charge on any atom is 0.0543 e. The van der Waals surface area contributed by atoms with Gasteiger partial charge in [-0.3, -0.25) is 0 Å². The number of hydrogen-bond donors (Lipinski definition) is 0. The second-order valence-electron chi connectivity index (χ2n) is 16.5. The maximum absolute atomic E-state index is 2.54. The molecule has 0 atom stereocenters. The van der Waals surface area contributed by atoms with Crippen LogP contribution in [0.4, 0.5) is 17.1 Å². The van der Waals surface area contributed by atoms with E-state index in [1.807, 2.05) is 11.3 Å². The van der Waals surface area contributed by atoms with Crippen molar-refractivity contribution in [3.63, 3.8) is 0 Å². The van der Waals surface area contributed by atoms with E-state index < -0.39 is 0 Å². The zero-order valence-corrected chi connectivity index (χ0v) is 32.9. The number of fused-ring (bicyclic) bond motifs is 9. The van der Waals surface area contributed by atoms with Crippen molar-refractivity contribution < 1.29 is 0 Å². The predicted octanol–water partition coefficient (Wildman–Crippen LogP) is 15.5. The topological polar surface area (TPSA) is 3.24 Å². The molecule has 1 nitrogen and oxygen atoms in total. The summed E-state index contributed by atoms with van der Waals surface area (Å²) in [5.41, 5.74) is 19.0. The summed E-state index contributed by atoms with van der Waals surface area (Å²) in [6, 6.07) is 65.8. The average molecular weight is 736 g/mol. The SMILES string of the molecule is CC1(C)c2ccccc2-c2c(N(c3cccc(-c4cccc5c4C(C)(C)c4ccccc4-5)c3)c3ccccc3-c3ccc4c(c3)sc3ccccc34)cccc21. The monoisotopic (exact) mass is 735 g/mol. The third-order valence-corrected chi connectivity index (χ3v) is 13.8. The third kappa shape index (κ3) is 4.72. The zero-order chi connectivity index (χ0) is 37.8. The van der Waals surface area contributed by atoms with E-state index in [-0.39, 0.29) is 10.8 Å². The molecule has 0 radical (unpaired) electrons. The molecule has 0 saturated heterocycles. The van der Waals surface area contributed by atoms with Crippen LogP contribution in [0, 0.1) is 0 Å². The molecule has 9 aromatic rings. The highest BCUT2D eigenvalue weighted by Crippen LogP contribution is 2.56. The number of anilines is 3. The van der Waals surface area contributed by atoms with Gasteiger partial charge < -0.3 is 4.90 Å². The number of para-hydroxylation sites is 1. The lowest BCUT2D eigenvalue weighted by Crippen LogP contribution is -2.17. The van der Waals surface area contributed by atoms with Gasteiger partial charge >= 0.3 is 0 Å². The van der Waals surface area contributed by atoms with Crippen LogP contribution in [0.5, 0.6) is 0 Å². The normalized spacial score (nSPS) is 14.4. The van der Waals surface area contributed by atoms with Crippen LogP contribution in [-0.2, 0) is 10.8 Å². The predicted molar refractivity (Wildman–Crippen MR) is 240 cm³/mol. The van der Waals surface area contributed by atoms with Crippen molar-refractivity contribution in [2.75, 3.05) is 4.90 Å². The van der Waals surface area contributed by atoms with E-state index >= 15 is 0 Å². The van der Waals surface area contributed by atoms with Crippen molar-refractivity contribution in [2.45, 2.75) is 38.5 Å². The highest BCUT2D eigenvalue weighted by molar-refractivity contribution is 7.25. The van der Waals surface area contributed by atoms with Crippen molar-refractivity contribution in [1.82, 2.24) is 0 Å². The van der Waals surface area contributed by atoms with Gasteiger partial charge in [0.2, 0.25) is 0 Å². The molecule has 2 aliphatic carbocycles. The molecule has 2 aliphatic rings. The second-order valence-corrected chi connectivity index (χ2v) is 17.6. The van der Waals surface area contributed by atoms with Crippen LogP contribution < -0.4 is 4.90 Å². The van der Waals surface area contributed by atoms with Gasteiger partial charge in [-0.25, -0.2) is 0 Å². The van der Waals surface area contributed by atoms with Gasteiger partial charge in [-0.2, -0.15) is 0 Å². The van der Waals surface area contributed by atoms with Gasteiger partial charge in [0.05, 0.1) is 11.4 Å². The van der Waals surface area contributed by atoms with E-state index in [0.29, 0.717) is 0 Å². The van der Waals surface area contributed by atoms with E-state index in [4.69, 9.17) is 0 Å². The number of rotatable bonds is 5. The van der Waals surface area contributed by atoms with Gasteiger partial charge in [0.1, 0.15) is 0 Å². The molecule has 56 heavy (non-hydrogen) atoms. The fraction of sp³-hybridized carbons (Fsp3) is 0.111. The third-order valence-electron chi connectivity index (χ3n) is 12.7. The molecule has 0 aliphatic heterocycles. The Kier molecular flexibility index (Phi) is 7.18. The van der Waals surface area contributed by atoms with Crippen LogP contribution in [0.1, 0.15) is 49.9 Å². The maximum atomic E-state index is 2.54. The lowest BCUT2D eigenvalue weighted by atomic mass is 9.79.